The Balaban J connectivity index is 1.82. The SMILES string of the molecule is Nc1cccc(CSCC2CCCC2)c1Br. The topological polar surface area (TPSA) is 26.0 Å². The number of nitrogen functional groups attached to an aromatic ring is 1. The minimum absolute atomic E-state index is 0.846. The first-order valence-corrected chi connectivity index (χ1v) is 7.83. The van der Waals surface area contributed by atoms with Crippen LogP contribution in [0.1, 0.15) is 31.2 Å². The maximum atomic E-state index is 5.86. The highest BCUT2D eigenvalue weighted by Gasteiger charge is 2.14. The summed E-state index contributed by atoms with van der Waals surface area (Å²) in [6.07, 6.45) is 5.75. The molecule has 1 aromatic rings. The summed E-state index contributed by atoms with van der Waals surface area (Å²) in [7, 11) is 0. The van der Waals surface area contributed by atoms with Crippen molar-refractivity contribution in [1.29, 1.82) is 0 Å². The van der Waals surface area contributed by atoms with E-state index in [9.17, 15) is 0 Å². The minimum Gasteiger partial charge on any atom is -0.398 e. The molecule has 0 saturated heterocycles. The number of thioether (sulfide) groups is 1. The highest BCUT2D eigenvalue weighted by atomic mass is 79.9. The van der Waals surface area contributed by atoms with E-state index in [4.69, 9.17) is 5.73 Å². The standard InChI is InChI=1S/C13H18BrNS/c14-13-11(6-3-7-12(13)15)9-16-8-10-4-1-2-5-10/h3,6-7,10H,1-2,4-5,8-9,15H2. The molecule has 2 N–H and O–H groups in total. The van der Waals surface area contributed by atoms with Gasteiger partial charge in [0.25, 0.3) is 0 Å². The molecule has 3 heteroatoms. The average molecular weight is 300 g/mol. The van der Waals surface area contributed by atoms with E-state index in [1.165, 1.54) is 37.0 Å². The molecule has 1 aromatic carbocycles. The normalized spacial score (nSPS) is 16.8. The molecule has 0 aliphatic heterocycles. The van der Waals surface area contributed by atoms with Gasteiger partial charge in [0.15, 0.2) is 0 Å². The van der Waals surface area contributed by atoms with Gasteiger partial charge in [-0.05, 0) is 52.1 Å². The molecule has 0 amide bonds. The van der Waals surface area contributed by atoms with Crippen LogP contribution >= 0.6 is 27.7 Å². The van der Waals surface area contributed by atoms with Gasteiger partial charge in [-0.15, -0.1) is 0 Å². The quantitative estimate of drug-likeness (QED) is 0.831. The molecule has 0 aromatic heterocycles. The van der Waals surface area contributed by atoms with Gasteiger partial charge in [-0.2, -0.15) is 11.8 Å². The third-order valence-electron chi connectivity index (χ3n) is 3.19. The molecule has 2 rings (SSSR count). The van der Waals surface area contributed by atoms with Crippen LogP contribution in [0, 0.1) is 5.92 Å². The summed E-state index contributed by atoms with van der Waals surface area (Å²) in [6.45, 7) is 0. The zero-order chi connectivity index (χ0) is 11.4. The summed E-state index contributed by atoms with van der Waals surface area (Å²) in [5.41, 5.74) is 8.03. The van der Waals surface area contributed by atoms with Gasteiger partial charge in [0, 0.05) is 15.9 Å². The number of halogens is 1. The van der Waals surface area contributed by atoms with Crippen molar-refractivity contribution in [2.45, 2.75) is 31.4 Å². The number of anilines is 1. The van der Waals surface area contributed by atoms with E-state index in [0.717, 1.165) is 21.8 Å². The van der Waals surface area contributed by atoms with Crippen molar-refractivity contribution >= 4 is 33.4 Å². The Hall–Kier alpha value is -0.150. The molecule has 16 heavy (non-hydrogen) atoms. The Bertz CT molecular complexity index is 348. The number of benzene rings is 1. The summed E-state index contributed by atoms with van der Waals surface area (Å²) in [6, 6.07) is 6.13. The molecule has 0 radical (unpaired) electrons. The molecule has 0 spiro atoms. The van der Waals surface area contributed by atoms with E-state index in [-0.39, 0.29) is 0 Å². The lowest BCUT2D eigenvalue weighted by molar-refractivity contribution is 0.623. The molecule has 0 atom stereocenters. The van der Waals surface area contributed by atoms with Crippen molar-refractivity contribution in [3.05, 3.63) is 28.2 Å². The van der Waals surface area contributed by atoms with Crippen LogP contribution in [0.25, 0.3) is 0 Å². The van der Waals surface area contributed by atoms with E-state index >= 15 is 0 Å². The van der Waals surface area contributed by atoms with Crippen LogP contribution in [0.3, 0.4) is 0 Å². The van der Waals surface area contributed by atoms with Gasteiger partial charge >= 0.3 is 0 Å². The first kappa shape index (κ1) is 12.3. The van der Waals surface area contributed by atoms with E-state index < -0.39 is 0 Å². The number of hydrogen-bond acceptors (Lipinski definition) is 2. The summed E-state index contributed by atoms with van der Waals surface area (Å²) in [5.74, 6) is 3.34. The fraction of sp³-hybridized carbons (Fsp3) is 0.538. The van der Waals surface area contributed by atoms with Gasteiger partial charge < -0.3 is 5.73 Å². The lowest BCUT2D eigenvalue weighted by Crippen LogP contribution is -1.97. The number of rotatable bonds is 4. The fourth-order valence-electron chi connectivity index (χ4n) is 2.22. The smallest absolute Gasteiger partial charge is 0.0461 e. The summed E-state index contributed by atoms with van der Waals surface area (Å²) in [5, 5.41) is 0. The van der Waals surface area contributed by atoms with Gasteiger partial charge in [-0.25, -0.2) is 0 Å². The van der Waals surface area contributed by atoms with Crippen LogP contribution in [0.5, 0.6) is 0 Å². The summed E-state index contributed by atoms with van der Waals surface area (Å²) < 4.78 is 1.08. The van der Waals surface area contributed by atoms with E-state index in [1.54, 1.807) is 0 Å². The first-order valence-electron chi connectivity index (χ1n) is 5.88. The minimum atomic E-state index is 0.846. The van der Waals surface area contributed by atoms with Crippen LogP contribution in [-0.4, -0.2) is 5.75 Å². The molecule has 1 saturated carbocycles. The highest BCUT2D eigenvalue weighted by Crippen LogP contribution is 2.31. The fourth-order valence-corrected chi connectivity index (χ4v) is 4.06. The molecule has 0 unspecified atom stereocenters. The predicted octanol–water partition coefficient (Wildman–Crippen LogP) is 4.45. The van der Waals surface area contributed by atoms with Crippen molar-refractivity contribution in [2.24, 2.45) is 5.92 Å². The van der Waals surface area contributed by atoms with Gasteiger partial charge in [-0.1, -0.05) is 25.0 Å². The van der Waals surface area contributed by atoms with Gasteiger partial charge in [-0.3, -0.25) is 0 Å². The Kier molecular flexibility index (Phi) is 4.59. The highest BCUT2D eigenvalue weighted by molar-refractivity contribution is 9.10. The van der Waals surface area contributed by atoms with E-state index in [1.807, 2.05) is 23.9 Å². The maximum absolute atomic E-state index is 5.86. The Morgan fingerprint density at radius 2 is 2.06 bits per heavy atom. The zero-order valence-corrected chi connectivity index (χ0v) is 11.8. The zero-order valence-electron chi connectivity index (χ0n) is 9.42. The van der Waals surface area contributed by atoms with Crippen molar-refractivity contribution < 1.29 is 0 Å². The summed E-state index contributed by atoms with van der Waals surface area (Å²) >= 11 is 5.60. The lowest BCUT2D eigenvalue weighted by Gasteiger charge is -2.10. The molecule has 0 heterocycles. The lowest BCUT2D eigenvalue weighted by atomic mass is 10.1. The van der Waals surface area contributed by atoms with Crippen molar-refractivity contribution in [1.82, 2.24) is 0 Å². The largest absolute Gasteiger partial charge is 0.398 e. The second kappa shape index (κ2) is 5.97. The van der Waals surface area contributed by atoms with Crippen molar-refractivity contribution in [3.63, 3.8) is 0 Å². The van der Waals surface area contributed by atoms with Crippen LogP contribution in [-0.2, 0) is 5.75 Å². The van der Waals surface area contributed by atoms with Crippen LogP contribution in [0.2, 0.25) is 0 Å². The number of hydrogen-bond donors (Lipinski definition) is 1. The molecule has 1 aliphatic carbocycles. The molecular weight excluding hydrogens is 282 g/mol. The maximum Gasteiger partial charge on any atom is 0.0461 e. The summed E-state index contributed by atoms with van der Waals surface area (Å²) in [4.78, 5) is 0. The third kappa shape index (κ3) is 3.17. The predicted molar refractivity (Wildman–Crippen MR) is 76.7 cm³/mol. The van der Waals surface area contributed by atoms with E-state index in [0.29, 0.717) is 0 Å². The molecule has 1 nitrogen and oxygen atoms in total. The first-order chi connectivity index (χ1) is 7.77. The Morgan fingerprint density at radius 3 is 2.81 bits per heavy atom. The Morgan fingerprint density at radius 1 is 1.31 bits per heavy atom. The molecule has 88 valence electrons. The Labute approximate surface area is 110 Å². The molecule has 0 bridgehead atoms. The van der Waals surface area contributed by atoms with Crippen LogP contribution in [0.4, 0.5) is 5.69 Å². The van der Waals surface area contributed by atoms with Crippen LogP contribution < -0.4 is 5.73 Å². The monoisotopic (exact) mass is 299 g/mol. The van der Waals surface area contributed by atoms with Gasteiger partial charge in [0.1, 0.15) is 0 Å². The molecular formula is C13H18BrNS. The average Bonchev–Trinajstić information content (AvgIpc) is 2.77. The third-order valence-corrected chi connectivity index (χ3v) is 5.38. The van der Waals surface area contributed by atoms with Gasteiger partial charge in [0.2, 0.25) is 0 Å². The number of nitrogens with two attached hydrogens (primary N) is 1. The van der Waals surface area contributed by atoms with Crippen LogP contribution in [0.15, 0.2) is 22.7 Å². The van der Waals surface area contributed by atoms with Crippen molar-refractivity contribution in [3.8, 4) is 0 Å². The van der Waals surface area contributed by atoms with E-state index in [2.05, 4.69) is 22.0 Å². The van der Waals surface area contributed by atoms with Crippen molar-refractivity contribution in [2.75, 3.05) is 11.5 Å². The molecule has 1 aliphatic rings. The second-order valence-electron chi connectivity index (χ2n) is 4.49. The second-order valence-corrected chi connectivity index (χ2v) is 6.31. The van der Waals surface area contributed by atoms with Gasteiger partial charge in [0.05, 0.1) is 0 Å². The molecule has 1 fully saturated rings.